The molecule has 0 aromatic heterocycles. The summed E-state index contributed by atoms with van der Waals surface area (Å²) in [5, 5.41) is 0.406. The molecule has 0 N–H and O–H groups in total. The van der Waals surface area contributed by atoms with Gasteiger partial charge in [0.05, 0.1) is 19.3 Å². The van der Waals surface area contributed by atoms with E-state index in [1.54, 1.807) is 0 Å². The number of ether oxygens (including phenoxy) is 3. The first kappa shape index (κ1) is 22.3. The van der Waals surface area contributed by atoms with Crippen molar-refractivity contribution in [2.24, 2.45) is 4.99 Å². The van der Waals surface area contributed by atoms with Crippen molar-refractivity contribution < 1.29 is 37.0 Å². The first-order valence-electron chi connectivity index (χ1n) is 8.92. The monoisotopic (exact) mass is 417 g/mol. The lowest BCUT2D eigenvalue weighted by atomic mass is 9.99. The van der Waals surface area contributed by atoms with E-state index >= 15 is 0 Å². The molecule has 2 rings (SSSR count). The fraction of sp³-hybridized carbons (Fsp3) is 0.500. The Bertz CT molecular complexity index is 770. The molecule has 1 aliphatic heterocycles. The standard InChI is InChI=1S/C18H22F3N3O5/c1-5-27-15(25)23-14(29-12(3)4)22-17(18(19,20)21,13-10-8-7-9-11-13)24(23)16(26)28-6-2/h7-12H,5-6H2,1-4H3. The normalized spacial score (nSPS) is 19.2. The molecular formula is C18H22F3N3O5. The number of benzene rings is 1. The lowest BCUT2D eigenvalue weighted by Crippen LogP contribution is -2.61. The van der Waals surface area contributed by atoms with E-state index in [0.29, 0.717) is 5.01 Å². The molecule has 160 valence electrons. The Balaban J connectivity index is 2.80. The molecule has 0 saturated carbocycles. The summed E-state index contributed by atoms with van der Waals surface area (Å²) in [6.07, 6.45) is -8.47. The van der Waals surface area contributed by atoms with Gasteiger partial charge in [-0.3, -0.25) is 0 Å². The van der Waals surface area contributed by atoms with Crippen LogP contribution in [0.3, 0.4) is 0 Å². The Morgan fingerprint density at radius 1 is 1.07 bits per heavy atom. The zero-order valence-corrected chi connectivity index (χ0v) is 16.4. The molecule has 0 radical (unpaired) electrons. The minimum atomic E-state index is -5.13. The van der Waals surface area contributed by atoms with E-state index in [-0.39, 0.29) is 18.2 Å². The number of halogens is 3. The number of alkyl halides is 3. The Morgan fingerprint density at radius 2 is 1.62 bits per heavy atom. The third kappa shape index (κ3) is 4.08. The maximum atomic E-state index is 14.5. The number of carbonyl (C=O) groups excluding carboxylic acids is 2. The van der Waals surface area contributed by atoms with Gasteiger partial charge in [0, 0.05) is 5.56 Å². The van der Waals surface area contributed by atoms with Crippen LogP contribution in [0.15, 0.2) is 35.3 Å². The van der Waals surface area contributed by atoms with E-state index in [2.05, 4.69) is 4.99 Å². The van der Waals surface area contributed by atoms with Crippen molar-refractivity contribution in [1.82, 2.24) is 10.0 Å². The van der Waals surface area contributed by atoms with Gasteiger partial charge in [0.25, 0.3) is 5.66 Å². The van der Waals surface area contributed by atoms with Crippen LogP contribution in [0.25, 0.3) is 0 Å². The third-order valence-electron chi connectivity index (χ3n) is 3.74. The van der Waals surface area contributed by atoms with Crippen LogP contribution in [-0.4, -0.2) is 53.7 Å². The SMILES string of the molecule is CCOC(=O)N1C(OC(C)C)=NC(c2ccccc2)(C(F)(F)F)N1C(=O)OCC. The van der Waals surface area contributed by atoms with Gasteiger partial charge < -0.3 is 14.2 Å². The molecule has 0 fully saturated rings. The second-order valence-electron chi connectivity index (χ2n) is 6.12. The summed E-state index contributed by atoms with van der Waals surface area (Å²) >= 11 is 0. The van der Waals surface area contributed by atoms with Gasteiger partial charge in [-0.2, -0.15) is 23.2 Å². The van der Waals surface area contributed by atoms with Gasteiger partial charge in [-0.05, 0) is 27.7 Å². The number of amidine groups is 1. The number of aliphatic imine (C=N–C) groups is 1. The smallest absolute Gasteiger partial charge is 0.439 e. The van der Waals surface area contributed by atoms with Gasteiger partial charge in [-0.15, -0.1) is 5.01 Å². The maximum Gasteiger partial charge on any atom is 0.439 e. The topological polar surface area (TPSA) is 80.7 Å². The molecule has 1 heterocycles. The Labute approximate surface area is 165 Å². The number of carbonyl (C=O) groups is 2. The van der Waals surface area contributed by atoms with Crippen molar-refractivity contribution >= 4 is 18.2 Å². The van der Waals surface area contributed by atoms with Crippen LogP contribution in [0, 0.1) is 0 Å². The predicted octanol–water partition coefficient (Wildman–Crippen LogP) is 4.03. The van der Waals surface area contributed by atoms with Crippen LogP contribution in [0.2, 0.25) is 0 Å². The fourth-order valence-electron chi connectivity index (χ4n) is 2.70. The van der Waals surface area contributed by atoms with Gasteiger partial charge in [0.15, 0.2) is 0 Å². The van der Waals surface area contributed by atoms with Crippen molar-refractivity contribution in [3.8, 4) is 0 Å². The second kappa shape index (κ2) is 8.58. The third-order valence-corrected chi connectivity index (χ3v) is 3.74. The highest BCUT2D eigenvalue weighted by atomic mass is 19.4. The molecule has 1 aromatic rings. The number of hydrazine groups is 1. The summed E-state index contributed by atoms with van der Waals surface area (Å²) in [7, 11) is 0. The number of rotatable bonds is 4. The van der Waals surface area contributed by atoms with Crippen LogP contribution in [0.4, 0.5) is 22.8 Å². The highest BCUT2D eigenvalue weighted by Gasteiger charge is 2.70. The zero-order chi connectivity index (χ0) is 21.8. The van der Waals surface area contributed by atoms with Crippen molar-refractivity contribution in [1.29, 1.82) is 0 Å². The molecule has 11 heteroatoms. The first-order chi connectivity index (χ1) is 13.6. The number of nitrogens with zero attached hydrogens (tertiary/aromatic N) is 3. The van der Waals surface area contributed by atoms with Gasteiger partial charge in [-0.25, -0.2) is 9.59 Å². The largest absolute Gasteiger partial charge is 0.461 e. The molecular weight excluding hydrogens is 395 g/mol. The molecule has 0 bridgehead atoms. The molecule has 1 aliphatic rings. The summed E-state index contributed by atoms with van der Waals surface area (Å²) in [5.41, 5.74) is -3.69. The van der Waals surface area contributed by atoms with Gasteiger partial charge in [0.2, 0.25) is 0 Å². The summed E-state index contributed by atoms with van der Waals surface area (Å²) in [6, 6.07) is 5.79. The number of amides is 2. The summed E-state index contributed by atoms with van der Waals surface area (Å²) in [5.74, 6) is 0. The lowest BCUT2D eigenvalue weighted by molar-refractivity contribution is -0.242. The van der Waals surface area contributed by atoms with Crippen molar-refractivity contribution in [2.45, 2.75) is 45.6 Å². The predicted molar refractivity (Wildman–Crippen MR) is 95.6 cm³/mol. The van der Waals surface area contributed by atoms with Crippen LogP contribution < -0.4 is 0 Å². The average Bonchev–Trinajstić information content (AvgIpc) is 2.98. The molecule has 0 saturated heterocycles. The molecule has 0 aliphatic carbocycles. The zero-order valence-electron chi connectivity index (χ0n) is 16.4. The molecule has 29 heavy (non-hydrogen) atoms. The average molecular weight is 417 g/mol. The Morgan fingerprint density at radius 3 is 2.10 bits per heavy atom. The lowest BCUT2D eigenvalue weighted by Gasteiger charge is -2.38. The van der Waals surface area contributed by atoms with E-state index in [1.807, 2.05) is 0 Å². The van der Waals surface area contributed by atoms with Gasteiger partial charge >= 0.3 is 24.4 Å². The van der Waals surface area contributed by atoms with Crippen LogP contribution >= 0.6 is 0 Å². The van der Waals surface area contributed by atoms with Crippen molar-refractivity contribution in [3.05, 3.63) is 35.9 Å². The van der Waals surface area contributed by atoms with Crippen LogP contribution in [0.1, 0.15) is 33.3 Å². The van der Waals surface area contributed by atoms with Gasteiger partial charge in [0.1, 0.15) is 0 Å². The summed E-state index contributed by atoms with van der Waals surface area (Å²) in [6.45, 7) is 5.59. The number of hydrogen-bond acceptors (Lipinski definition) is 6. The quantitative estimate of drug-likeness (QED) is 0.739. The number of hydrogen-bond donors (Lipinski definition) is 0. The minimum absolute atomic E-state index is 0.0849. The van der Waals surface area contributed by atoms with Crippen LogP contribution in [-0.2, 0) is 19.9 Å². The molecule has 2 amide bonds. The summed E-state index contributed by atoms with van der Waals surface area (Å²) in [4.78, 5) is 28.9. The molecule has 1 atom stereocenters. The fourth-order valence-corrected chi connectivity index (χ4v) is 2.70. The van der Waals surface area contributed by atoms with E-state index in [1.165, 1.54) is 45.9 Å². The van der Waals surface area contributed by atoms with Crippen LogP contribution in [0.5, 0.6) is 0 Å². The molecule has 8 nitrogen and oxygen atoms in total. The molecule has 1 aromatic carbocycles. The van der Waals surface area contributed by atoms with Crippen molar-refractivity contribution in [2.75, 3.05) is 13.2 Å². The first-order valence-corrected chi connectivity index (χ1v) is 8.92. The van der Waals surface area contributed by atoms with E-state index in [0.717, 1.165) is 12.1 Å². The maximum absolute atomic E-state index is 14.5. The Kier molecular flexibility index (Phi) is 6.60. The molecule has 1 unspecified atom stereocenters. The second-order valence-corrected chi connectivity index (χ2v) is 6.12. The highest BCUT2D eigenvalue weighted by molar-refractivity contribution is 5.95. The van der Waals surface area contributed by atoms with Crippen molar-refractivity contribution in [3.63, 3.8) is 0 Å². The highest BCUT2D eigenvalue weighted by Crippen LogP contribution is 2.49. The molecule has 0 spiro atoms. The van der Waals surface area contributed by atoms with E-state index in [4.69, 9.17) is 14.2 Å². The van der Waals surface area contributed by atoms with E-state index in [9.17, 15) is 22.8 Å². The summed E-state index contributed by atoms with van der Waals surface area (Å²) < 4.78 is 58.5. The minimum Gasteiger partial charge on any atom is -0.461 e. The van der Waals surface area contributed by atoms with Gasteiger partial charge in [-0.1, -0.05) is 30.3 Å². The van der Waals surface area contributed by atoms with E-state index < -0.39 is 41.7 Å². The Hall–Kier alpha value is -2.98.